The maximum Gasteiger partial charge on any atom is 0.303 e. The molecular formula is C23H22ClF3O3. The summed E-state index contributed by atoms with van der Waals surface area (Å²) in [6, 6.07) is 9.64. The molecular weight excluding hydrogens is 417 g/mol. The second-order valence-electron chi connectivity index (χ2n) is 7.53. The van der Waals surface area contributed by atoms with Crippen LogP contribution in [0.3, 0.4) is 0 Å². The van der Waals surface area contributed by atoms with Gasteiger partial charge in [-0.2, -0.15) is 0 Å². The lowest BCUT2D eigenvalue weighted by molar-refractivity contribution is -0.136. The van der Waals surface area contributed by atoms with E-state index in [1.165, 1.54) is 12.1 Å². The number of carboxylic acids is 1. The van der Waals surface area contributed by atoms with Crippen LogP contribution in [0.1, 0.15) is 42.4 Å². The van der Waals surface area contributed by atoms with Crippen molar-refractivity contribution >= 4 is 23.1 Å². The number of allylic oxidation sites excluding steroid dienone is 1. The maximum atomic E-state index is 14.1. The van der Waals surface area contributed by atoms with Crippen LogP contribution in [0.5, 0.6) is 5.75 Å². The van der Waals surface area contributed by atoms with Gasteiger partial charge in [-0.05, 0) is 65.8 Å². The Hall–Kier alpha value is -2.47. The number of hydrogen-bond acceptors (Lipinski definition) is 2. The minimum atomic E-state index is -2.83. The molecule has 3 nitrogen and oxygen atoms in total. The molecule has 1 aliphatic carbocycles. The van der Waals surface area contributed by atoms with Crippen molar-refractivity contribution in [3.05, 3.63) is 69.5 Å². The van der Waals surface area contributed by atoms with Gasteiger partial charge >= 0.3 is 5.97 Å². The number of carboxylic acid groups (broad SMARTS) is 1. The highest BCUT2D eigenvalue weighted by molar-refractivity contribution is 6.30. The topological polar surface area (TPSA) is 46.5 Å². The van der Waals surface area contributed by atoms with Crippen molar-refractivity contribution in [2.24, 2.45) is 0 Å². The van der Waals surface area contributed by atoms with Crippen molar-refractivity contribution < 1.29 is 27.8 Å². The molecule has 0 aliphatic heterocycles. The molecule has 1 aliphatic rings. The van der Waals surface area contributed by atoms with Gasteiger partial charge in [-0.3, -0.25) is 4.79 Å². The van der Waals surface area contributed by atoms with Crippen molar-refractivity contribution in [3.63, 3.8) is 0 Å². The molecule has 3 rings (SSSR count). The second-order valence-corrected chi connectivity index (χ2v) is 7.93. The summed E-state index contributed by atoms with van der Waals surface area (Å²) in [6.07, 6.45) is -0.182. The predicted molar refractivity (Wildman–Crippen MR) is 110 cm³/mol. The standard InChI is InChI=1S/C23H22ClF3O3/c1-14-10-15(3-7-22(28)29)2-6-21(14)30-13-17-12-23(26,27)9-8-18(17)16-4-5-19(24)20(25)11-16/h2,4-6,10-11H,3,7-9,12-13H2,1H3,(H,28,29). The molecule has 0 unspecified atom stereocenters. The number of hydrogen-bond donors (Lipinski definition) is 1. The Bertz CT molecular complexity index is 986. The molecule has 0 bridgehead atoms. The highest BCUT2D eigenvalue weighted by atomic mass is 35.5. The van der Waals surface area contributed by atoms with Gasteiger partial charge in [-0.15, -0.1) is 0 Å². The molecule has 0 fully saturated rings. The molecule has 160 valence electrons. The Kier molecular flexibility index (Phi) is 6.76. The van der Waals surface area contributed by atoms with Gasteiger partial charge in [-0.1, -0.05) is 29.8 Å². The van der Waals surface area contributed by atoms with Gasteiger partial charge in [0.25, 0.3) is 5.92 Å². The molecule has 0 spiro atoms. The fourth-order valence-corrected chi connectivity index (χ4v) is 3.73. The second kappa shape index (κ2) is 9.13. The summed E-state index contributed by atoms with van der Waals surface area (Å²) in [5, 5.41) is 8.78. The fraction of sp³-hybridized carbons (Fsp3) is 0.348. The molecule has 1 N–H and O–H groups in total. The quantitative estimate of drug-likeness (QED) is 0.539. The van der Waals surface area contributed by atoms with Gasteiger partial charge < -0.3 is 9.84 Å². The van der Waals surface area contributed by atoms with Crippen molar-refractivity contribution in [2.75, 3.05) is 6.61 Å². The Morgan fingerprint density at radius 2 is 2.00 bits per heavy atom. The first-order valence-electron chi connectivity index (χ1n) is 9.63. The largest absolute Gasteiger partial charge is 0.489 e. The molecule has 0 amide bonds. The normalized spacial score (nSPS) is 15.9. The van der Waals surface area contributed by atoms with E-state index in [1.807, 2.05) is 13.0 Å². The summed E-state index contributed by atoms with van der Waals surface area (Å²) < 4.78 is 47.8. The molecule has 2 aromatic rings. The molecule has 0 heterocycles. The van der Waals surface area contributed by atoms with E-state index >= 15 is 0 Å². The minimum absolute atomic E-state index is 0.0168. The van der Waals surface area contributed by atoms with E-state index in [-0.39, 0.29) is 30.9 Å². The lowest BCUT2D eigenvalue weighted by Crippen LogP contribution is -2.24. The first-order valence-corrected chi connectivity index (χ1v) is 10.0. The van der Waals surface area contributed by atoms with Crippen LogP contribution in [-0.4, -0.2) is 23.6 Å². The van der Waals surface area contributed by atoms with Gasteiger partial charge in [0.1, 0.15) is 18.2 Å². The summed E-state index contributed by atoms with van der Waals surface area (Å²) in [7, 11) is 0. The Morgan fingerprint density at radius 1 is 1.23 bits per heavy atom. The Morgan fingerprint density at radius 3 is 2.67 bits per heavy atom. The van der Waals surface area contributed by atoms with Crippen molar-refractivity contribution in [1.29, 1.82) is 0 Å². The van der Waals surface area contributed by atoms with Crippen LogP contribution in [-0.2, 0) is 11.2 Å². The number of benzene rings is 2. The molecule has 0 atom stereocenters. The first kappa shape index (κ1) is 22.2. The molecule has 0 aromatic heterocycles. The van der Waals surface area contributed by atoms with E-state index in [1.54, 1.807) is 18.2 Å². The van der Waals surface area contributed by atoms with Crippen LogP contribution in [0.4, 0.5) is 13.2 Å². The van der Waals surface area contributed by atoms with Crippen LogP contribution >= 0.6 is 11.6 Å². The van der Waals surface area contributed by atoms with Gasteiger partial charge in [0.05, 0.1) is 5.02 Å². The summed E-state index contributed by atoms with van der Waals surface area (Å²) in [6.45, 7) is 1.78. The van der Waals surface area contributed by atoms with E-state index in [2.05, 4.69) is 0 Å². The number of rotatable bonds is 7. The van der Waals surface area contributed by atoms with E-state index < -0.39 is 24.1 Å². The monoisotopic (exact) mass is 438 g/mol. The maximum absolute atomic E-state index is 14.1. The molecule has 7 heteroatoms. The minimum Gasteiger partial charge on any atom is -0.489 e. The molecule has 0 saturated carbocycles. The van der Waals surface area contributed by atoms with Crippen LogP contribution in [0, 0.1) is 12.7 Å². The third kappa shape index (κ3) is 5.57. The number of halogens is 4. The molecule has 30 heavy (non-hydrogen) atoms. The van der Waals surface area contributed by atoms with E-state index in [0.717, 1.165) is 11.1 Å². The lowest BCUT2D eigenvalue weighted by atomic mass is 9.85. The van der Waals surface area contributed by atoms with Crippen molar-refractivity contribution in [3.8, 4) is 5.75 Å². The van der Waals surface area contributed by atoms with E-state index in [9.17, 15) is 18.0 Å². The average molecular weight is 439 g/mol. The zero-order valence-electron chi connectivity index (χ0n) is 16.5. The van der Waals surface area contributed by atoms with Gasteiger partial charge in [-0.25, -0.2) is 13.2 Å². The molecule has 0 radical (unpaired) electrons. The van der Waals surface area contributed by atoms with E-state index in [4.69, 9.17) is 21.4 Å². The zero-order chi connectivity index (χ0) is 21.9. The Balaban J connectivity index is 1.81. The first-order chi connectivity index (χ1) is 14.1. The van der Waals surface area contributed by atoms with Crippen LogP contribution in [0.2, 0.25) is 5.02 Å². The van der Waals surface area contributed by atoms with Crippen LogP contribution < -0.4 is 4.74 Å². The highest BCUT2D eigenvalue weighted by Crippen LogP contribution is 2.41. The summed E-state index contributed by atoms with van der Waals surface area (Å²) in [5.41, 5.74) is 3.28. The summed E-state index contributed by atoms with van der Waals surface area (Å²) in [5.74, 6) is -3.75. The van der Waals surface area contributed by atoms with E-state index in [0.29, 0.717) is 28.9 Å². The zero-order valence-corrected chi connectivity index (χ0v) is 17.2. The van der Waals surface area contributed by atoms with Crippen LogP contribution in [0.15, 0.2) is 42.0 Å². The predicted octanol–water partition coefficient (Wildman–Crippen LogP) is 6.46. The van der Waals surface area contributed by atoms with Gasteiger partial charge in [0.15, 0.2) is 0 Å². The van der Waals surface area contributed by atoms with Gasteiger partial charge in [0.2, 0.25) is 0 Å². The third-order valence-electron chi connectivity index (χ3n) is 5.18. The number of aliphatic carboxylic acids is 1. The number of aryl methyl sites for hydroxylation is 2. The SMILES string of the molecule is Cc1cc(CCC(=O)O)ccc1OCC1=C(c2ccc(Cl)c(F)c2)CCC(F)(F)C1. The highest BCUT2D eigenvalue weighted by Gasteiger charge is 2.36. The third-order valence-corrected chi connectivity index (χ3v) is 5.48. The Labute approximate surface area is 178 Å². The lowest BCUT2D eigenvalue weighted by Gasteiger charge is -2.28. The number of alkyl halides is 2. The summed E-state index contributed by atoms with van der Waals surface area (Å²) >= 11 is 5.74. The smallest absolute Gasteiger partial charge is 0.303 e. The van der Waals surface area contributed by atoms with Crippen molar-refractivity contribution in [1.82, 2.24) is 0 Å². The summed E-state index contributed by atoms with van der Waals surface area (Å²) in [4.78, 5) is 10.7. The number of ether oxygens (including phenoxy) is 1. The fourth-order valence-electron chi connectivity index (χ4n) is 3.61. The molecule has 0 saturated heterocycles. The van der Waals surface area contributed by atoms with Gasteiger partial charge in [0, 0.05) is 19.3 Å². The average Bonchev–Trinajstić information content (AvgIpc) is 2.67. The number of carbonyl (C=O) groups is 1. The van der Waals surface area contributed by atoms with Crippen molar-refractivity contribution in [2.45, 2.75) is 45.0 Å². The molecule has 2 aromatic carbocycles. The van der Waals surface area contributed by atoms with Crippen LogP contribution in [0.25, 0.3) is 5.57 Å².